The molecule has 1 N–H and O–H groups in total. The molecule has 0 fully saturated rings. The van der Waals surface area contributed by atoms with Crippen LogP contribution < -0.4 is 5.32 Å². The summed E-state index contributed by atoms with van der Waals surface area (Å²) in [5.74, 6) is -1.32. The number of ether oxygens (including phenoxy) is 2. The van der Waals surface area contributed by atoms with Gasteiger partial charge < -0.3 is 19.7 Å². The first-order valence-electron chi connectivity index (χ1n) is 10.4. The number of rotatable bonds is 9. The van der Waals surface area contributed by atoms with E-state index in [1.54, 1.807) is 33.1 Å². The molecule has 1 aliphatic rings. The number of amides is 2. The van der Waals surface area contributed by atoms with Crippen molar-refractivity contribution in [2.24, 2.45) is 0 Å². The van der Waals surface area contributed by atoms with Crippen LogP contribution in [0, 0.1) is 0 Å². The highest BCUT2D eigenvalue weighted by Crippen LogP contribution is 2.30. The van der Waals surface area contributed by atoms with E-state index in [4.69, 9.17) is 21.1 Å². The van der Waals surface area contributed by atoms with Gasteiger partial charge in [0.15, 0.2) is 5.69 Å². The fraction of sp³-hybridized carbons (Fsp3) is 0.455. The molecule has 1 aromatic carbocycles. The molecule has 9 nitrogen and oxygen atoms in total. The number of benzene rings is 1. The van der Waals surface area contributed by atoms with Crippen LogP contribution in [0.25, 0.3) is 0 Å². The fourth-order valence-electron chi connectivity index (χ4n) is 3.58. The lowest BCUT2D eigenvalue weighted by molar-refractivity contribution is -0.133. The zero-order valence-corrected chi connectivity index (χ0v) is 19.1. The van der Waals surface area contributed by atoms with E-state index in [9.17, 15) is 14.4 Å². The van der Waals surface area contributed by atoms with Crippen LogP contribution in [0.4, 0.5) is 0 Å². The fourth-order valence-corrected chi connectivity index (χ4v) is 3.70. The van der Waals surface area contributed by atoms with Crippen molar-refractivity contribution < 1.29 is 23.9 Å². The van der Waals surface area contributed by atoms with E-state index in [0.717, 1.165) is 5.56 Å². The highest BCUT2D eigenvalue weighted by Gasteiger charge is 2.48. The number of esters is 1. The molecule has 32 heavy (non-hydrogen) atoms. The highest BCUT2D eigenvalue weighted by atomic mass is 35.5. The Kier molecular flexibility index (Phi) is 7.52. The summed E-state index contributed by atoms with van der Waals surface area (Å²) in [6, 6.07) is 8.49. The summed E-state index contributed by atoms with van der Waals surface area (Å²) in [6.07, 6.45) is 0.642. The maximum atomic E-state index is 13.5. The number of nitrogens with one attached hydrogen (secondary N) is 1. The molecule has 10 heteroatoms. The molecule has 1 aliphatic heterocycles. The standard InChI is InChI=1S/C22H27ClN4O5/c1-4-32-20(29)17-12-18-19(28)26(13-15-6-8-16(23)9-7-15)22(2,14-27(18)25-17)21(30)24-10-5-11-31-3/h6-9,12H,4-5,10-11,13-14H2,1-3H3,(H,24,30). The number of hydrogen-bond acceptors (Lipinski definition) is 6. The highest BCUT2D eigenvalue weighted by molar-refractivity contribution is 6.30. The Labute approximate surface area is 191 Å². The molecular weight excluding hydrogens is 436 g/mol. The Bertz CT molecular complexity index is 991. The van der Waals surface area contributed by atoms with Gasteiger partial charge >= 0.3 is 5.97 Å². The first kappa shape index (κ1) is 23.7. The van der Waals surface area contributed by atoms with E-state index in [-0.39, 0.29) is 37.0 Å². The largest absolute Gasteiger partial charge is 0.461 e. The minimum Gasteiger partial charge on any atom is -0.461 e. The molecule has 2 amide bonds. The van der Waals surface area contributed by atoms with Crippen LogP contribution in [-0.4, -0.2) is 64.9 Å². The summed E-state index contributed by atoms with van der Waals surface area (Å²) in [6.45, 7) is 4.79. The summed E-state index contributed by atoms with van der Waals surface area (Å²) in [5.41, 5.74) is -0.146. The van der Waals surface area contributed by atoms with Gasteiger partial charge in [-0.3, -0.25) is 14.3 Å². The number of nitrogens with zero attached hydrogens (tertiary/aromatic N) is 3. The summed E-state index contributed by atoms with van der Waals surface area (Å²) < 4.78 is 11.4. The van der Waals surface area contributed by atoms with Gasteiger partial charge in [-0.05, 0) is 38.0 Å². The second-order valence-corrected chi connectivity index (χ2v) is 8.12. The number of carbonyl (C=O) groups is 3. The summed E-state index contributed by atoms with van der Waals surface area (Å²) in [5, 5.41) is 7.70. The van der Waals surface area contributed by atoms with Crippen LogP contribution in [0.1, 0.15) is 46.8 Å². The number of halogens is 1. The smallest absolute Gasteiger partial charge is 0.358 e. The van der Waals surface area contributed by atoms with Crippen molar-refractivity contribution in [2.75, 3.05) is 26.9 Å². The zero-order chi connectivity index (χ0) is 23.3. The van der Waals surface area contributed by atoms with Crippen molar-refractivity contribution in [3.8, 4) is 0 Å². The predicted molar refractivity (Wildman–Crippen MR) is 117 cm³/mol. The molecule has 0 saturated heterocycles. The minimum atomic E-state index is -1.23. The third kappa shape index (κ3) is 4.94. The van der Waals surface area contributed by atoms with E-state index < -0.39 is 17.4 Å². The van der Waals surface area contributed by atoms with E-state index in [1.807, 2.05) is 12.1 Å². The van der Waals surface area contributed by atoms with Gasteiger partial charge in [-0.25, -0.2) is 4.79 Å². The van der Waals surface area contributed by atoms with Gasteiger partial charge in [0, 0.05) is 37.9 Å². The second-order valence-electron chi connectivity index (χ2n) is 7.69. The van der Waals surface area contributed by atoms with Gasteiger partial charge in [-0.1, -0.05) is 23.7 Å². The lowest BCUT2D eigenvalue weighted by Crippen LogP contribution is -2.63. The van der Waals surface area contributed by atoms with E-state index >= 15 is 0 Å². The van der Waals surface area contributed by atoms with Crippen LogP contribution in [0.15, 0.2) is 30.3 Å². The number of fused-ring (bicyclic) bond motifs is 1. The molecule has 3 rings (SSSR count). The molecular formula is C22H27ClN4O5. The molecule has 1 atom stereocenters. The number of aromatic nitrogens is 2. The Morgan fingerprint density at radius 2 is 2.00 bits per heavy atom. The van der Waals surface area contributed by atoms with Crippen molar-refractivity contribution in [1.82, 2.24) is 20.0 Å². The van der Waals surface area contributed by atoms with Crippen LogP contribution in [-0.2, 0) is 27.4 Å². The van der Waals surface area contributed by atoms with E-state index in [2.05, 4.69) is 10.4 Å². The van der Waals surface area contributed by atoms with Crippen molar-refractivity contribution in [3.05, 3.63) is 52.3 Å². The number of methoxy groups -OCH3 is 1. The Morgan fingerprint density at radius 1 is 1.28 bits per heavy atom. The average molecular weight is 463 g/mol. The molecule has 2 heterocycles. The third-order valence-electron chi connectivity index (χ3n) is 5.34. The normalized spacial score (nSPS) is 17.8. The summed E-state index contributed by atoms with van der Waals surface area (Å²) in [7, 11) is 1.59. The first-order chi connectivity index (χ1) is 15.3. The van der Waals surface area contributed by atoms with Crippen molar-refractivity contribution in [1.29, 1.82) is 0 Å². The van der Waals surface area contributed by atoms with Crippen LogP contribution in [0.3, 0.4) is 0 Å². The molecule has 0 spiro atoms. The Morgan fingerprint density at radius 3 is 2.66 bits per heavy atom. The molecule has 1 aromatic heterocycles. The molecule has 0 bridgehead atoms. The lowest BCUT2D eigenvalue weighted by atomic mass is 9.94. The topological polar surface area (TPSA) is 103 Å². The first-order valence-corrected chi connectivity index (χ1v) is 10.8. The molecule has 2 aromatic rings. The number of carbonyl (C=O) groups excluding carboxylic acids is 3. The van der Waals surface area contributed by atoms with Crippen LogP contribution in [0.5, 0.6) is 0 Å². The van der Waals surface area contributed by atoms with Gasteiger partial charge in [0.2, 0.25) is 5.91 Å². The molecule has 1 unspecified atom stereocenters. The molecule has 0 aliphatic carbocycles. The van der Waals surface area contributed by atoms with Crippen molar-refractivity contribution in [2.45, 2.75) is 38.9 Å². The van der Waals surface area contributed by atoms with Crippen molar-refractivity contribution >= 4 is 29.4 Å². The maximum Gasteiger partial charge on any atom is 0.358 e. The quantitative estimate of drug-likeness (QED) is 0.453. The van der Waals surface area contributed by atoms with Gasteiger partial charge in [0.25, 0.3) is 5.91 Å². The van der Waals surface area contributed by atoms with Gasteiger partial charge in [-0.15, -0.1) is 0 Å². The number of hydrogen-bond donors (Lipinski definition) is 1. The third-order valence-corrected chi connectivity index (χ3v) is 5.59. The van der Waals surface area contributed by atoms with Gasteiger partial charge in [0.05, 0.1) is 13.2 Å². The van der Waals surface area contributed by atoms with Gasteiger partial charge in [0.1, 0.15) is 11.2 Å². The minimum absolute atomic E-state index is 0.0337. The molecule has 0 radical (unpaired) electrons. The summed E-state index contributed by atoms with van der Waals surface area (Å²) >= 11 is 5.99. The van der Waals surface area contributed by atoms with E-state index in [0.29, 0.717) is 24.6 Å². The molecule has 0 saturated carbocycles. The van der Waals surface area contributed by atoms with Crippen molar-refractivity contribution in [3.63, 3.8) is 0 Å². The lowest BCUT2D eigenvalue weighted by Gasteiger charge is -2.43. The van der Waals surface area contributed by atoms with Crippen LogP contribution >= 0.6 is 11.6 Å². The zero-order valence-electron chi connectivity index (χ0n) is 18.4. The predicted octanol–water partition coefficient (Wildman–Crippen LogP) is 2.28. The summed E-state index contributed by atoms with van der Waals surface area (Å²) in [4.78, 5) is 40.4. The van der Waals surface area contributed by atoms with Crippen LogP contribution in [0.2, 0.25) is 5.02 Å². The van der Waals surface area contributed by atoms with E-state index in [1.165, 1.54) is 15.6 Å². The Balaban J connectivity index is 1.94. The molecule has 172 valence electrons. The average Bonchev–Trinajstić information content (AvgIpc) is 3.19. The SMILES string of the molecule is CCOC(=O)c1cc2n(n1)CC(C)(C(=O)NCCCOC)N(Cc1ccc(Cl)cc1)C2=O. The second kappa shape index (κ2) is 10.1. The van der Waals surface area contributed by atoms with Gasteiger partial charge in [-0.2, -0.15) is 5.10 Å². The maximum absolute atomic E-state index is 13.5. The Hall–Kier alpha value is -2.91. The monoisotopic (exact) mass is 462 g/mol.